The SMILES string of the molecule is CCOC(=O)C1CCN(C(=O)c2c(C)cccc2C)CC1. The molecule has 1 amide bonds. The van der Waals surface area contributed by atoms with Crippen molar-refractivity contribution in [2.45, 2.75) is 33.6 Å². The number of carbonyl (C=O) groups excluding carboxylic acids is 2. The highest BCUT2D eigenvalue weighted by Gasteiger charge is 2.29. The van der Waals surface area contributed by atoms with Gasteiger partial charge in [0.15, 0.2) is 0 Å². The number of piperidine rings is 1. The number of hydrogen-bond donors (Lipinski definition) is 0. The van der Waals surface area contributed by atoms with Gasteiger partial charge < -0.3 is 9.64 Å². The normalized spacial score (nSPS) is 15.9. The first-order valence-electron chi connectivity index (χ1n) is 7.56. The van der Waals surface area contributed by atoms with Gasteiger partial charge in [0.05, 0.1) is 12.5 Å². The maximum atomic E-state index is 12.7. The fourth-order valence-corrected chi connectivity index (χ4v) is 2.89. The van der Waals surface area contributed by atoms with E-state index in [4.69, 9.17) is 4.74 Å². The summed E-state index contributed by atoms with van der Waals surface area (Å²) in [6.45, 7) is 7.40. The second kappa shape index (κ2) is 6.74. The number of esters is 1. The molecule has 4 nitrogen and oxygen atoms in total. The lowest BCUT2D eigenvalue weighted by Gasteiger charge is -2.31. The molecule has 0 aromatic heterocycles. The lowest BCUT2D eigenvalue weighted by Crippen LogP contribution is -2.41. The van der Waals surface area contributed by atoms with Crippen molar-refractivity contribution in [2.24, 2.45) is 5.92 Å². The molecule has 0 N–H and O–H groups in total. The molecule has 1 aliphatic heterocycles. The van der Waals surface area contributed by atoms with E-state index in [1.165, 1.54) is 0 Å². The van der Waals surface area contributed by atoms with Crippen molar-refractivity contribution in [3.63, 3.8) is 0 Å². The molecule has 2 rings (SSSR count). The number of aryl methyl sites for hydroxylation is 2. The van der Waals surface area contributed by atoms with Crippen molar-refractivity contribution >= 4 is 11.9 Å². The van der Waals surface area contributed by atoms with E-state index in [9.17, 15) is 9.59 Å². The van der Waals surface area contributed by atoms with Crippen molar-refractivity contribution in [2.75, 3.05) is 19.7 Å². The number of rotatable bonds is 3. The van der Waals surface area contributed by atoms with E-state index < -0.39 is 0 Å². The largest absolute Gasteiger partial charge is 0.466 e. The molecule has 0 aliphatic carbocycles. The monoisotopic (exact) mass is 289 g/mol. The van der Waals surface area contributed by atoms with E-state index in [1.54, 1.807) is 0 Å². The van der Waals surface area contributed by atoms with Gasteiger partial charge in [-0.25, -0.2) is 0 Å². The van der Waals surface area contributed by atoms with E-state index in [0.717, 1.165) is 16.7 Å². The van der Waals surface area contributed by atoms with Crippen LogP contribution in [0.3, 0.4) is 0 Å². The maximum absolute atomic E-state index is 12.7. The molecular weight excluding hydrogens is 266 g/mol. The van der Waals surface area contributed by atoms with Crippen molar-refractivity contribution in [3.8, 4) is 0 Å². The van der Waals surface area contributed by atoms with Crippen LogP contribution in [0.25, 0.3) is 0 Å². The number of hydrogen-bond acceptors (Lipinski definition) is 3. The van der Waals surface area contributed by atoms with Crippen molar-refractivity contribution in [3.05, 3.63) is 34.9 Å². The minimum atomic E-state index is -0.128. The summed E-state index contributed by atoms with van der Waals surface area (Å²) in [5.41, 5.74) is 2.81. The summed E-state index contributed by atoms with van der Waals surface area (Å²) in [4.78, 5) is 26.2. The van der Waals surface area contributed by atoms with Crippen molar-refractivity contribution in [1.29, 1.82) is 0 Å². The minimum Gasteiger partial charge on any atom is -0.466 e. The highest BCUT2D eigenvalue weighted by molar-refractivity contribution is 5.97. The van der Waals surface area contributed by atoms with E-state index >= 15 is 0 Å². The second-order valence-electron chi connectivity index (χ2n) is 5.59. The van der Waals surface area contributed by atoms with Gasteiger partial charge in [-0.1, -0.05) is 18.2 Å². The lowest BCUT2D eigenvalue weighted by atomic mass is 9.95. The zero-order chi connectivity index (χ0) is 15.4. The molecule has 0 radical (unpaired) electrons. The van der Waals surface area contributed by atoms with Gasteiger partial charge in [-0.05, 0) is 44.7 Å². The van der Waals surface area contributed by atoms with Gasteiger partial charge in [0, 0.05) is 18.7 Å². The van der Waals surface area contributed by atoms with Gasteiger partial charge in [0.1, 0.15) is 0 Å². The molecule has 1 saturated heterocycles. The highest BCUT2D eigenvalue weighted by Crippen LogP contribution is 2.22. The quantitative estimate of drug-likeness (QED) is 0.804. The maximum Gasteiger partial charge on any atom is 0.309 e. The van der Waals surface area contributed by atoms with E-state index in [1.807, 2.05) is 43.9 Å². The molecule has 0 unspecified atom stereocenters. The van der Waals surface area contributed by atoms with Crippen molar-refractivity contribution < 1.29 is 14.3 Å². The average molecular weight is 289 g/mol. The van der Waals surface area contributed by atoms with Crippen LogP contribution in [0.5, 0.6) is 0 Å². The molecule has 0 atom stereocenters. The Morgan fingerprint density at radius 3 is 2.29 bits per heavy atom. The molecule has 21 heavy (non-hydrogen) atoms. The number of amides is 1. The topological polar surface area (TPSA) is 46.6 Å². The fraction of sp³-hybridized carbons (Fsp3) is 0.529. The lowest BCUT2D eigenvalue weighted by molar-refractivity contribution is -0.149. The van der Waals surface area contributed by atoms with Crippen LogP contribution in [0.4, 0.5) is 0 Å². The van der Waals surface area contributed by atoms with Crippen molar-refractivity contribution in [1.82, 2.24) is 4.90 Å². The molecular formula is C17H23NO3. The molecule has 4 heteroatoms. The van der Waals surface area contributed by atoms with E-state index in [2.05, 4.69) is 0 Å². The Kier molecular flexibility index (Phi) is 4.99. The Morgan fingerprint density at radius 1 is 1.19 bits per heavy atom. The molecule has 0 saturated carbocycles. The first-order chi connectivity index (χ1) is 10.0. The zero-order valence-electron chi connectivity index (χ0n) is 13.0. The fourth-order valence-electron chi connectivity index (χ4n) is 2.89. The van der Waals surface area contributed by atoms with Crippen LogP contribution in [-0.4, -0.2) is 36.5 Å². The summed E-state index contributed by atoms with van der Waals surface area (Å²) in [6.07, 6.45) is 1.38. The molecule has 1 aromatic rings. The van der Waals surface area contributed by atoms with E-state index in [-0.39, 0.29) is 17.8 Å². The number of carbonyl (C=O) groups is 2. The Morgan fingerprint density at radius 2 is 1.76 bits per heavy atom. The Bertz CT molecular complexity index is 511. The first-order valence-corrected chi connectivity index (χ1v) is 7.56. The summed E-state index contributed by atoms with van der Waals surface area (Å²) >= 11 is 0. The third-order valence-electron chi connectivity index (χ3n) is 4.10. The van der Waals surface area contributed by atoms with E-state index in [0.29, 0.717) is 32.5 Å². The molecule has 1 aromatic carbocycles. The van der Waals surface area contributed by atoms with Crippen LogP contribution < -0.4 is 0 Å². The van der Waals surface area contributed by atoms with Gasteiger partial charge in [-0.2, -0.15) is 0 Å². The molecule has 1 heterocycles. The van der Waals surface area contributed by atoms with Crippen LogP contribution in [0, 0.1) is 19.8 Å². The second-order valence-corrected chi connectivity index (χ2v) is 5.59. The van der Waals surface area contributed by atoms with Gasteiger partial charge in [-0.15, -0.1) is 0 Å². The number of likely N-dealkylation sites (tertiary alicyclic amines) is 1. The van der Waals surface area contributed by atoms with Crippen LogP contribution in [0.15, 0.2) is 18.2 Å². The Labute approximate surface area is 126 Å². The summed E-state index contributed by atoms with van der Waals surface area (Å²) in [5, 5.41) is 0. The number of benzene rings is 1. The molecule has 0 bridgehead atoms. The number of ether oxygens (including phenoxy) is 1. The van der Waals surface area contributed by atoms with Gasteiger partial charge in [0.25, 0.3) is 5.91 Å². The Hall–Kier alpha value is -1.84. The predicted molar refractivity (Wildman–Crippen MR) is 81.2 cm³/mol. The molecule has 1 fully saturated rings. The minimum absolute atomic E-state index is 0.0630. The van der Waals surface area contributed by atoms with Crippen LogP contribution in [-0.2, 0) is 9.53 Å². The summed E-state index contributed by atoms with van der Waals surface area (Å²) in [6, 6.07) is 5.89. The smallest absolute Gasteiger partial charge is 0.309 e. The van der Waals surface area contributed by atoms with Gasteiger partial charge in [0.2, 0.25) is 0 Å². The first kappa shape index (κ1) is 15.5. The van der Waals surface area contributed by atoms with Crippen LogP contribution >= 0.6 is 0 Å². The summed E-state index contributed by atoms with van der Waals surface area (Å²) in [5.74, 6) is -0.114. The molecule has 1 aliphatic rings. The Balaban J connectivity index is 2.02. The zero-order valence-corrected chi connectivity index (χ0v) is 13.0. The predicted octanol–water partition coefficient (Wildman–Crippen LogP) is 2.72. The molecule has 0 spiro atoms. The average Bonchev–Trinajstić information content (AvgIpc) is 2.47. The highest BCUT2D eigenvalue weighted by atomic mass is 16.5. The van der Waals surface area contributed by atoms with Gasteiger partial charge >= 0.3 is 5.97 Å². The van der Waals surface area contributed by atoms with Gasteiger partial charge in [-0.3, -0.25) is 9.59 Å². The summed E-state index contributed by atoms with van der Waals surface area (Å²) < 4.78 is 5.06. The molecule has 114 valence electrons. The standard InChI is InChI=1S/C17H23NO3/c1-4-21-17(20)14-8-10-18(11-9-14)16(19)15-12(2)6-5-7-13(15)3/h5-7,14H,4,8-11H2,1-3H3. The summed E-state index contributed by atoms with van der Waals surface area (Å²) in [7, 11) is 0. The third-order valence-corrected chi connectivity index (χ3v) is 4.10. The third kappa shape index (κ3) is 3.43. The van der Waals surface area contributed by atoms with Crippen LogP contribution in [0.1, 0.15) is 41.3 Å². The number of nitrogens with zero attached hydrogens (tertiary/aromatic N) is 1. The van der Waals surface area contributed by atoms with Crippen LogP contribution in [0.2, 0.25) is 0 Å².